The molecule has 3 aromatic heterocycles. The van der Waals surface area contributed by atoms with E-state index in [0.29, 0.717) is 29.0 Å². The molecule has 0 aromatic carbocycles. The minimum atomic E-state index is -0.391. The number of ether oxygens (including phenoxy) is 1. The lowest BCUT2D eigenvalue weighted by Gasteiger charge is -2.38. The maximum absolute atomic E-state index is 13.0. The lowest BCUT2D eigenvalue weighted by Crippen LogP contribution is -2.45. The van der Waals surface area contributed by atoms with E-state index < -0.39 is 5.91 Å². The van der Waals surface area contributed by atoms with Crippen LogP contribution in [-0.2, 0) is 4.74 Å². The molecule has 1 saturated heterocycles. The Labute approximate surface area is 207 Å². The third kappa shape index (κ3) is 4.69. The number of carbonyl (C=O) groups excluding carboxylic acids is 1. The molecule has 1 amide bonds. The average molecular weight is 490 g/mol. The Balaban J connectivity index is 1.20. The summed E-state index contributed by atoms with van der Waals surface area (Å²) < 4.78 is 12.9. The van der Waals surface area contributed by atoms with Crippen molar-refractivity contribution < 1.29 is 13.9 Å². The Bertz CT molecular complexity index is 1240. The van der Waals surface area contributed by atoms with Crippen LogP contribution >= 0.6 is 0 Å². The van der Waals surface area contributed by atoms with E-state index in [4.69, 9.17) is 14.3 Å². The molecule has 2 fully saturated rings. The van der Waals surface area contributed by atoms with Gasteiger partial charge in [-0.2, -0.15) is 15.3 Å². The van der Waals surface area contributed by atoms with Crippen LogP contribution in [0.4, 0.5) is 5.69 Å². The average Bonchev–Trinajstić information content (AvgIpc) is 3.71. The highest BCUT2D eigenvalue weighted by Gasteiger charge is 2.29. The molecule has 3 aromatic rings. The van der Waals surface area contributed by atoms with E-state index in [-0.39, 0.29) is 17.7 Å². The Morgan fingerprint density at radius 3 is 2.56 bits per heavy atom. The van der Waals surface area contributed by atoms with E-state index in [1.165, 1.54) is 6.26 Å². The van der Waals surface area contributed by atoms with Crippen LogP contribution in [0.1, 0.15) is 54.0 Å². The zero-order valence-electron chi connectivity index (χ0n) is 19.7. The van der Waals surface area contributed by atoms with Crippen LogP contribution < -0.4 is 5.32 Å². The number of hydrogen-bond acceptors (Lipinski definition) is 10. The summed E-state index contributed by atoms with van der Waals surface area (Å²) in [4.78, 5) is 28.5. The van der Waals surface area contributed by atoms with Gasteiger partial charge >= 0.3 is 0 Å². The largest absolute Gasteiger partial charge is 0.447 e. The van der Waals surface area contributed by atoms with Crippen LogP contribution in [0.3, 0.4) is 0 Å². The Morgan fingerprint density at radius 1 is 1.03 bits per heavy atom. The second kappa shape index (κ2) is 10.1. The minimum Gasteiger partial charge on any atom is -0.447 e. The van der Waals surface area contributed by atoms with E-state index in [9.17, 15) is 4.79 Å². The van der Waals surface area contributed by atoms with Crippen molar-refractivity contribution >= 4 is 24.0 Å². The van der Waals surface area contributed by atoms with Crippen molar-refractivity contribution in [3.05, 3.63) is 42.6 Å². The highest BCUT2D eigenvalue weighted by molar-refractivity contribution is 6.04. The second-order valence-electron chi connectivity index (χ2n) is 9.15. The molecule has 12 nitrogen and oxygen atoms in total. The fraction of sp³-hybridized carbons (Fsp3) is 0.458. The fourth-order valence-corrected chi connectivity index (χ4v) is 5.03. The molecule has 0 bridgehead atoms. The first-order chi connectivity index (χ1) is 17.7. The van der Waals surface area contributed by atoms with Crippen LogP contribution in [0, 0.1) is 0 Å². The first-order valence-electron chi connectivity index (χ1n) is 12.3. The van der Waals surface area contributed by atoms with Gasteiger partial charge in [-0.25, -0.2) is 4.98 Å². The fourth-order valence-electron chi connectivity index (χ4n) is 5.03. The molecule has 12 heteroatoms. The summed E-state index contributed by atoms with van der Waals surface area (Å²) in [6.07, 6.45) is 15.6. The molecular formula is C24H27N9O3. The Morgan fingerprint density at radius 2 is 1.81 bits per heavy atom. The predicted octanol–water partition coefficient (Wildman–Crippen LogP) is 2.55. The molecule has 1 aliphatic carbocycles. The van der Waals surface area contributed by atoms with Crippen molar-refractivity contribution in [2.45, 2.75) is 43.7 Å². The number of carbonyl (C=O) groups is 1. The summed E-state index contributed by atoms with van der Waals surface area (Å²) in [6.45, 7) is 3.65. The van der Waals surface area contributed by atoms with Crippen LogP contribution in [0.25, 0.3) is 11.4 Å². The number of morpholine rings is 1. The molecule has 1 N–H and O–H groups in total. The van der Waals surface area contributed by atoms with Gasteiger partial charge in [0.1, 0.15) is 23.6 Å². The van der Waals surface area contributed by atoms with Crippen molar-refractivity contribution in [1.82, 2.24) is 29.6 Å². The summed E-state index contributed by atoms with van der Waals surface area (Å²) in [7, 11) is 0. The van der Waals surface area contributed by atoms with Crippen LogP contribution in [0.5, 0.6) is 0 Å². The van der Waals surface area contributed by atoms with E-state index in [2.05, 4.69) is 35.4 Å². The van der Waals surface area contributed by atoms with Crippen molar-refractivity contribution in [2.24, 2.45) is 10.2 Å². The predicted molar refractivity (Wildman–Crippen MR) is 131 cm³/mol. The van der Waals surface area contributed by atoms with Gasteiger partial charge in [0.05, 0.1) is 31.1 Å². The molecule has 186 valence electrons. The van der Waals surface area contributed by atoms with Crippen LogP contribution in [0.15, 0.2) is 45.7 Å². The molecular weight excluding hydrogens is 462 g/mol. The van der Waals surface area contributed by atoms with Gasteiger partial charge in [0.15, 0.2) is 5.69 Å². The number of anilines is 1. The summed E-state index contributed by atoms with van der Waals surface area (Å²) in [5, 5.41) is 15.4. The van der Waals surface area contributed by atoms with Gasteiger partial charge in [0.2, 0.25) is 5.89 Å². The highest BCUT2D eigenvalue weighted by atomic mass is 16.5. The van der Waals surface area contributed by atoms with E-state index in [1.807, 2.05) is 10.9 Å². The first-order valence-corrected chi connectivity index (χ1v) is 12.3. The summed E-state index contributed by atoms with van der Waals surface area (Å²) in [5.74, 6) is -0.290. The molecule has 0 spiro atoms. The van der Waals surface area contributed by atoms with Crippen molar-refractivity contribution in [1.29, 1.82) is 0 Å². The molecule has 0 atom stereocenters. The third-order valence-corrected chi connectivity index (χ3v) is 6.95. The molecule has 3 aliphatic rings. The number of amides is 1. The lowest BCUT2D eigenvalue weighted by molar-refractivity contribution is 0.00507. The lowest BCUT2D eigenvalue weighted by atomic mass is 9.90. The Kier molecular flexibility index (Phi) is 6.35. The van der Waals surface area contributed by atoms with E-state index >= 15 is 0 Å². The molecule has 0 unspecified atom stereocenters. The summed E-state index contributed by atoms with van der Waals surface area (Å²) in [6, 6.07) is 0.846. The molecule has 5 heterocycles. The van der Waals surface area contributed by atoms with Gasteiger partial charge < -0.3 is 14.5 Å². The number of aromatic nitrogens is 5. The van der Waals surface area contributed by atoms with Crippen molar-refractivity contribution in [2.75, 3.05) is 31.6 Å². The maximum Gasteiger partial charge on any atom is 0.277 e. The van der Waals surface area contributed by atoms with Gasteiger partial charge in [-0.1, -0.05) is 0 Å². The smallest absolute Gasteiger partial charge is 0.277 e. The molecule has 6 rings (SSSR count). The zero-order chi connectivity index (χ0) is 24.3. The molecule has 2 aliphatic heterocycles. The first kappa shape index (κ1) is 22.7. The number of rotatable bonds is 6. The zero-order valence-corrected chi connectivity index (χ0v) is 19.7. The van der Waals surface area contributed by atoms with Crippen molar-refractivity contribution in [3.63, 3.8) is 0 Å². The highest BCUT2D eigenvalue weighted by Crippen LogP contribution is 2.34. The number of nitrogens with zero attached hydrogens (tertiary/aromatic N) is 8. The monoisotopic (exact) mass is 489 g/mol. The van der Waals surface area contributed by atoms with E-state index in [0.717, 1.165) is 52.0 Å². The maximum atomic E-state index is 13.0. The topological polar surface area (TPSA) is 136 Å². The van der Waals surface area contributed by atoms with Crippen LogP contribution in [-0.4, -0.2) is 80.3 Å². The molecule has 1 saturated carbocycles. The molecule has 0 radical (unpaired) electrons. The Hall–Kier alpha value is -3.77. The minimum absolute atomic E-state index is 0.169. The van der Waals surface area contributed by atoms with Gasteiger partial charge in [0, 0.05) is 50.2 Å². The van der Waals surface area contributed by atoms with Crippen LogP contribution in [0.2, 0.25) is 0 Å². The SMILES string of the molecule is O=C(Nc1cn(C2CCC(N3CCOCC3)CC2)nc1-c1cnccn1)c1coc(C2C=NN=C2)n1. The van der Waals surface area contributed by atoms with E-state index in [1.54, 1.807) is 31.0 Å². The van der Waals surface area contributed by atoms with Gasteiger partial charge in [-0.3, -0.25) is 24.3 Å². The number of hydrogen-bond donors (Lipinski definition) is 1. The number of oxazole rings is 1. The van der Waals surface area contributed by atoms with Gasteiger partial charge in [0.25, 0.3) is 5.91 Å². The molecule has 36 heavy (non-hydrogen) atoms. The van der Waals surface area contributed by atoms with Crippen molar-refractivity contribution in [3.8, 4) is 11.4 Å². The quantitative estimate of drug-likeness (QED) is 0.558. The normalized spacial score (nSPS) is 22.8. The standard InChI is InChI=1S/C24H27N9O3/c34-23(21-15-36-24(30-21)16-11-27-28-12-16)29-20-14-33(31-22(20)19-13-25-5-6-26-19)18-3-1-17(2-4-18)32-7-9-35-10-8-32/h5-6,11-18H,1-4,7-10H2,(H,29,34). The number of nitrogens with one attached hydrogen (secondary N) is 1. The van der Waals surface area contributed by atoms with Gasteiger partial charge in [-0.15, -0.1) is 0 Å². The second-order valence-corrected chi connectivity index (χ2v) is 9.15. The van der Waals surface area contributed by atoms with Gasteiger partial charge in [-0.05, 0) is 25.7 Å². The third-order valence-electron chi connectivity index (χ3n) is 6.95. The summed E-state index contributed by atoms with van der Waals surface area (Å²) >= 11 is 0. The summed E-state index contributed by atoms with van der Waals surface area (Å²) in [5.41, 5.74) is 1.89.